The molecule has 0 radical (unpaired) electrons. The lowest BCUT2D eigenvalue weighted by Crippen LogP contribution is -2.37. The van der Waals surface area contributed by atoms with E-state index in [1.807, 2.05) is 0 Å². The molecule has 0 bridgehead atoms. The molecule has 2 N–H and O–H groups in total. The Morgan fingerprint density at radius 3 is 2.56 bits per heavy atom. The Kier molecular flexibility index (Phi) is 8.52. The van der Waals surface area contributed by atoms with Gasteiger partial charge in [0.1, 0.15) is 11.5 Å². The smallest absolute Gasteiger partial charge is 0.137 e. The summed E-state index contributed by atoms with van der Waals surface area (Å²) in [5.74, 6) is 0.843. The Balaban J connectivity index is 0.00000312. The summed E-state index contributed by atoms with van der Waals surface area (Å²) in [7, 11) is 1.58. The van der Waals surface area contributed by atoms with Crippen molar-refractivity contribution < 1.29 is 9.53 Å². The molecule has 4 nitrogen and oxygen atoms in total. The molecule has 0 saturated carbocycles. The zero-order chi connectivity index (χ0) is 17.7. The average molecular weight is 389 g/mol. The first-order valence-electron chi connectivity index (χ1n) is 8.67. The number of nitrogen functional groups attached to an aromatic ring is 1. The Bertz CT molecular complexity index is 581. The van der Waals surface area contributed by atoms with Crippen molar-refractivity contribution in [2.24, 2.45) is 5.41 Å². The van der Waals surface area contributed by atoms with Crippen molar-refractivity contribution in [3.8, 4) is 5.75 Å². The number of piperidine rings is 1. The molecule has 0 amide bonds. The number of carbonyl (C=O) groups excluding carboxylic acids is 1. The van der Waals surface area contributed by atoms with Crippen LogP contribution in [-0.2, 0) is 11.2 Å². The molecule has 1 aromatic rings. The van der Waals surface area contributed by atoms with E-state index in [0.29, 0.717) is 34.7 Å². The van der Waals surface area contributed by atoms with E-state index in [9.17, 15) is 4.79 Å². The number of Topliss-reactive ketones (excluding diaryl/α,β-unsaturated/α-hetero) is 1. The second-order valence-corrected chi connectivity index (χ2v) is 7.92. The number of hydrogen-bond donors (Lipinski definition) is 1. The lowest BCUT2D eigenvalue weighted by atomic mass is 9.82. The van der Waals surface area contributed by atoms with Gasteiger partial charge in [0.25, 0.3) is 0 Å². The maximum absolute atomic E-state index is 12.3. The molecule has 1 fully saturated rings. The van der Waals surface area contributed by atoms with E-state index in [-0.39, 0.29) is 18.2 Å². The second-order valence-electron chi connectivity index (χ2n) is 7.51. The molecule has 1 heterocycles. The third kappa shape index (κ3) is 6.69. The monoisotopic (exact) mass is 388 g/mol. The van der Waals surface area contributed by atoms with E-state index in [1.165, 1.54) is 12.8 Å². The molecule has 1 aliphatic rings. The van der Waals surface area contributed by atoms with E-state index in [0.717, 1.165) is 31.6 Å². The number of nitrogens with two attached hydrogens (primary N) is 1. The topological polar surface area (TPSA) is 55.6 Å². The number of carbonyl (C=O) groups is 1. The molecule has 2 rings (SSSR count). The van der Waals surface area contributed by atoms with Crippen LogP contribution in [0.4, 0.5) is 5.69 Å². The second kappa shape index (κ2) is 9.65. The van der Waals surface area contributed by atoms with Crippen molar-refractivity contribution in [1.82, 2.24) is 4.90 Å². The predicted octanol–water partition coefficient (Wildman–Crippen LogP) is 4.37. The molecule has 142 valence electrons. The minimum atomic E-state index is 0. The van der Waals surface area contributed by atoms with E-state index in [2.05, 4.69) is 18.7 Å². The maximum Gasteiger partial charge on any atom is 0.137 e. The zero-order valence-electron chi connectivity index (χ0n) is 15.4. The van der Waals surface area contributed by atoms with Gasteiger partial charge in [-0.3, -0.25) is 4.79 Å². The lowest BCUT2D eigenvalue weighted by Gasteiger charge is -2.36. The van der Waals surface area contributed by atoms with Crippen LogP contribution in [0.3, 0.4) is 0 Å². The highest BCUT2D eigenvalue weighted by atomic mass is 35.5. The van der Waals surface area contributed by atoms with Gasteiger partial charge < -0.3 is 15.4 Å². The van der Waals surface area contributed by atoms with Gasteiger partial charge in [-0.15, -0.1) is 12.4 Å². The van der Waals surface area contributed by atoms with Crippen LogP contribution in [0.5, 0.6) is 5.75 Å². The van der Waals surface area contributed by atoms with Crippen LogP contribution in [0.1, 0.15) is 45.1 Å². The van der Waals surface area contributed by atoms with E-state index in [1.54, 1.807) is 19.2 Å². The van der Waals surface area contributed by atoms with E-state index >= 15 is 0 Å². The first-order valence-corrected chi connectivity index (χ1v) is 9.04. The quantitative estimate of drug-likeness (QED) is 0.704. The molecule has 0 atom stereocenters. The summed E-state index contributed by atoms with van der Waals surface area (Å²) in [5, 5.41) is 0.467. The highest BCUT2D eigenvalue weighted by molar-refractivity contribution is 6.33. The van der Waals surface area contributed by atoms with E-state index in [4.69, 9.17) is 22.1 Å². The summed E-state index contributed by atoms with van der Waals surface area (Å²) < 4.78 is 5.30. The minimum Gasteiger partial charge on any atom is -0.496 e. The van der Waals surface area contributed by atoms with Crippen LogP contribution in [0.15, 0.2) is 12.1 Å². The number of methoxy groups -OCH3 is 1. The SMILES string of the molecule is COc1cc(N)c(Cl)cc1CC(=O)CCCN1CCC(C)(C)CC1.Cl. The highest BCUT2D eigenvalue weighted by Crippen LogP contribution is 2.30. The molecule has 1 aliphatic heterocycles. The summed E-state index contributed by atoms with van der Waals surface area (Å²) in [5.41, 5.74) is 7.52. The number of rotatable bonds is 7. The summed E-state index contributed by atoms with van der Waals surface area (Å²) in [4.78, 5) is 14.7. The standard InChI is InChI=1S/C19H29ClN2O2.ClH/c1-19(2)6-9-22(10-7-19)8-4-5-15(23)11-14-12-16(20)17(21)13-18(14)24-3;/h12-13H,4-11,21H2,1-3H3;1H. The number of ether oxygens (including phenoxy) is 1. The average Bonchev–Trinajstić information content (AvgIpc) is 2.52. The number of hydrogen-bond acceptors (Lipinski definition) is 4. The minimum absolute atomic E-state index is 0. The van der Waals surface area contributed by atoms with Crippen molar-refractivity contribution in [3.05, 3.63) is 22.7 Å². The molecule has 0 aromatic heterocycles. The van der Waals surface area contributed by atoms with Gasteiger partial charge in [0, 0.05) is 24.5 Å². The molecular weight excluding hydrogens is 359 g/mol. The fourth-order valence-corrected chi connectivity index (χ4v) is 3.31. The number of ketones is 1. The first-order chi connectivity index (χ1) is 11.3. The van der Waals surface area contributed by atoms with Gasteiger partial charge in [0.05, 0.1) is 17.8 Å². The van der Waals surface area contributed by atoms with Crippen LogP contribution in [0, 0.1) is 5.41 Å². The number of likely N-dealkylation sites (tertiary alicyclic amines) is 1. The van der Waals surface area contributed by atoms with Crippen LogP contribution in [0.25, 0.3) is 0 Å². The highest BCUT2D eigenvalue weighted by Gasteiger charge is 2.24. The fraction of sp³-hybridized carbons (Fsp3) is 0.632. The van der Waals surface area contributed by atoms with Crippen LogP contribution >= 0.6 is 24.0 Å². The molecular formula is C19H30Cl2N2O2. The fourth-order valence-electron chi connectivity index (χ4n) is 3.12. The Labute approximate surface area is 162 Å². The third-order valence-corrected chi connectivity index (χ3v) is 5.25. The normalized spacial score (nSPS) is 17.0. The van der Waals surface area contributed by atoms with Gasteiger partial charge in [-0.25, -0.2) is 0 Å². The molecule has 0 spiro atoms. The number of nitrogens with zero attached hydrogens (tertiary/aromatic N) is 1. The summed E-state index contributed by atoms with van der Waals surface area (Å²) in [6.45, 7) is 7.95. The Morgan fingerprint density at radius 1 is 1.32 bits per heavy atom. The van der Waals surface area contributed by atoms with E-state index < -0.39 is 0 Å². The lowest BCUT2D eigenvalue weighted by molar-refractivity contribution is -0.118. The maximum atomic E-state index is 12.3. The van der Waals surface area contributed by atoms with Crippen molar-refractivity contribution in [3.63, 3.8) is 0 Å². The Morgan fingerprint density at radius 2 is 1.96 bits per heavy atom. The van der Waals surface area contributed by atoms with Crippen molar-refractivity contribution in [1.29, 1.82) is 0 Å². The summed E-state index contributed by atoms with van der Waals surface area (Å²) in [6, 6.07) is 3.42. The van der Waals surface area contributed by atoms with Crippen LogP contribution in [-0.4, -0.2) is 37.4 Å². The summed E-state index contributed by atoms with van der Waals surface area (Å²) >= 11 is 6.06. The molecule has 6 heteroatoms. The number of anilines is 1. The zero-order valence-corrected chi connectivity index (χ0v) is 17.0. The number of benzene rings is 1. The van der Waals surface area contributed by atoms with Crippen LogP contribution < -0.4 is 10.5 Å². The van der Waals surface area contributed by atoms with Gasteiger partial charge >= 0.3 is 0 Å². The van der Waals surface area contributed by atoms with Crippen molar-refractivity contribution >= 4 is 35.5 Å². The molecule has 0 aliphatic carbocycles. The van der Waals surface area contributed by atoms with Crippen LogP contribution in [0.2, 0.25) is 5.02 Å². The number of halogens is 2. The molecule has 0 unspecified atom stereocenters. The van der Waals surface area contributed by atoms with Gasteiger partial charge in [-0.1, -0.05) is 25.4 Å². The molecule has 1 saturated heterocycles. The van der Waals surface area contributed by atoms with Gasteiger partial charge in [0.15, 0.2) is 0 Å². The molecule has 25 heavy (non-hydrogen) atoms. The Hall–Kier alpha value is -0.970. The molecule has 1 aromatic carbocycles. The third-order valence-electron chi connectivity index (χ3n) is 4.93. The van der Waals surface area contributed by atoms with Crippen molar-refractivity contribution in [2.45, 2.75) is 46.0 Å². The predicted molar refractivity (Wildman–Crippen MR) is 107 cm³/mol. The summed E-state index contributed by atoms with van der Waals surface area (Å²) in [6.07, 6.45) is 4.32. The van der Waals surface area contributed by atoms with Gasteiger partial charge in [-0.2, -0.15) is 0 Å². The van der Waals surface area contributed by atoms with Crippen molar-refractivity contribution in [2.75, 3.05) is 32.5 Å². The largest absolute Gasteiger partial charge is 0.496 e. The van der Waals surface area contributed by atoms with Gasteiger partial charge in [0.2, 0.25) is 0 Å². The first kappa shape index (κ1) is 22.1. The van der Waals surface area contributed by atoms with Gasteiger partial charge in [-0.05, 0) is 50.4 Å².